The van der Waals surface area contributed by atoms with Crippen molar-refractivity contribution in [2.24, 2.45) is 0 Å². The zero-order valence-corrected chi connectivity index (χ0v) is 33.5. The summed E-state index contributed by atoms with van der Waals surface area (Å²) in [5, 5.41) is 9.16. The van der Waals surface area contributed by atoms with Crippen LogP contribution in [0.5, 0.6) is 0 Å². The SMILES string of the molecule is c1ccc(-n2c3ccccc3c3cc(-c4ccc(N(c5ccc(-c6cccc7c6oc6ccccc67)cc5)c5cccc6oc7c8ccccc8ccc7c56)cc4)ccc32)cc1. The molecule has 0 N–H and O–H groups in total. The van der Waals surface area contributed by atoms with Gasteiger partial charge in [-0.3, -0.25) is 0 Å². The van der Waals surface area contributed by atoms with Crippen LogP contribution in [-0.2, 0) is 0 Å². The number of rotatable bonds is 6. The third-order valence-electron chi connectivity index (χ3n) is 12.6. The Hall–Kier alpha value is -8.34. The zero-order valence-electron chi connectivity index (χ0n) is 33.5. The number of benzene rings is 10. The summed E-state index contributed by atoms with van der Waals surface area (Å²) >= 11 is 0. The van der Waals surface area contributed by atoms with E-state index in [1.54, 1.807) is 0 Å². The lowest BCUT2D eigenvalue weighted by Gasteiger charge is -2.26. The largest absolute Gasteiger partial charge is 0.455 e. The van der Waals surface area contributed by atoms with Crippen LogP contribution < -0.4 is 4.90 Å². The standard InChI is InChI=1S/C58H36N2O2/c1-2-13-41(14-3-1)60-51-20-8-6-16-46(51)50-36-40(29-35-52(50)60)37-24-30-42(31-25-37)59(53-21-11-23-55-56(53)49-34-28-38-12-4-5-15-44(38)58(49)62-55)43-32-26-39(27-33-43)45-18-10-19-48-47-17-7-9-22-54(47)61-57(45)48/h1-36H. The fraction of sp³-hybridized carbons (Fsp3) is 0. The van der Waals surface area contributed by atoms with Gasteiger partial charge in [0.15, 0.2) is 0 Å². The Balaban J connectivity index is 0.958. The zero-order chi connectivity index (χ0) is 40.7. The van der Waals surface area contributed by atoms with Gasteiger partial charge in [0.05, 0.1) is 22.1 Å². The maximum absolute atomic E-state index is 6.70. The summed E-state index contributed by atoms with van der Waals surface area (Å²) in [6, 6.07) is 77.9. The summed E-state index contributed by atoms with van der Waals surface area (Å²) in [4.78, 5) is 2.36. The molecule has 0 saturated carbocycles. The quantitative estimate of drug-likeness (QED) is 0.168. The van der Waals surface area contributed by atoms with Crippen LogP contribution in [0.3, 0.4) is 0 Å². The molecule has 4 nitrogen and oxygen atoms in total. The highest BCUT2D eigenvalue weighted by Crippen LogP contribution is 2.46. The van der Waals surface area contributed by atoms with E-state index in [0.717, 1.165) is 94.1 Å². The van der Waals surface area contributed by atoms with Crippen molar-refractivity contribution in [2.45, 2.75) is 0 Å². The molecule has 10 aromatic carbocycles. The van der Waals surface area contributed by atoms with E-state index in [1.807, 2.05) is 12.1 Å². The molecule has 0 saturated heterocycles. The second-order valence-electron chi connectivity index (χ2n) is 16.0. The topological polar surface area (TPSA) is 34.5 Å². The molecular formula is C58H36N2O2. The second kappa shape index (κ2) is 13.6. The van der Waals surface area contributed by atoms with Crippen molar-refractivity contribution >= 4 is 93.5 Å². The highest BCUT2D eigenvalue weighted by atomic mass is 16.3. The van der Waals surface area contributed by atoms with Crippen molar-refractivity contribution in [3.8, 4) is 27.9 Å². The Bertz CT molecular complexity index is 3850. The van der Waals surface area contributed by atoms with Gasteiger partial charge in [-0.2, -0.15) is 0 Å². The molecule has 62 heavy (non-hydrogen) atoms. The van der Waals surface area contributed by atoms with E-state index >= 15 is 0 Å². The molecule has 0 amide bonds. The summed E-state index contributed by atoms with van der Waals surface area (Å²) in [7, 11) is 0. The van der Waals surface area contributed by atoms with Crippen molar-refractivity contribution in [3.63, 3.8) is 0 Å². The fourth-order valence-electron chi connectivity index (χ4n) is 9.72. The lowest BCUT2D eigenvalue weighted by atomic mass is 10.0. The van der Waals surface area contributed by atoms with Crippen LogP contribution >= 0.6 is 0 Å². The molecule has 4 heteroatoms. The van der Waals surface area contributed by atoms with Crippen LogP contribution in [0.1, 0.15) is 0 Å². The van der Waals surface area contributed by atoms with Crippen LogP contribution in [0.4, 0.5) is 17.1 Å². The molecule has 0 atom stereocenters. The predicted molar refractivity (Wildman–Crippen MR) is 258 cm³/mol. The van der Waals surface area contributed by atoms with Crippen LogP contribution in [-0.4, -0.2) is 4.57 Å². The molecule has 13 aromatic rings. The third kappa shape index (κ3) is 5.27. The molecule has 0 radical (unpaired) electrons. The Morgan fingerprint density at radius 2 is 0.984 bits per heavy atom. The van der Waals surface area contributed by atoms with Crippen LogP contribution in [0.15, 0.2) is 227 Å². The van der Waals surface area contributed by atoms with Gasteiger partial charge in [-0.1, -0.05) is 140 Å². The smallest absolute Gasteiger partial charge is 0.143 e. The van der Waals surface area contributed by atoms with E-state index in [1.165, 1.54) is 27.4 Å². The molecule has 0 spiro atoms. The number of anilines is 3. The molecule has 0 aliphatic rings. The van der Waals surface area contributed by atoms with Crippen molar-refractivity contribution in [3.05, 3.63) is 218 Å². The number of hydrogen-bond acceptors (Lipinski definition) is 3. The number of furan rings is 2. The number of nitrogens with zero attached hydrogens (tertiary/aromatic N) is 2. The summed E-state index contributed by atoms with van der Waals surface area (Å²) in [5.41, 5.74) is 14.7. The first kappa shape index (κ1) is 34.5. The summed E-state index contributed by atoms with van der Waals surface area (Å²) in [6.07, 6.45) is 0. The van der Waals surface area contributed by atoms with Crippen molar-refractivity contribution in [1.29, 1.82) is 0 Å². The first-order chi connectivity index (χ1) is 30.7. The average molecular weight is 793 g/mol. The Morgan fingerprint density at radius 3 is 1.82 bits per heavy atom. The van der Waals surface area contributed by atoms with Gasteiger partial charge < -0.3 is 18.3 Å². The van der Waals surface area contributed by atoms with Gasteiger partial charge in [-0.25, -0.2) is 0 Å². The minimum Gasteiger partial charge on any atom is -0.455 e. The normalized spacial score (nSPS) is 11.9. The molecule has 0 unspecified atom stereocenters. The van der Waals surface area contributed by atoms with Gasteiger partial charge in [-0.15, -0.1) is 0 Å². The number of hydrogen-bond donors (Lipinski definition) is 0. The maximum atomic E-state index is 6.70. The highest BCUT2D eigenvalue weighted by molar-refractivity contribution is 6.20. The second-order valence-corrected chi connectivity index (χ2v) is 16.0. The first-order valence-corrected chi connectivity index (χ1v) is 21.1. The average Bonchev–Trinajstić information content (AvgIpc) is 4.03. The van der Waals surface area contributed by atoms with Crippen molar-refractivity contribution in [1.82, 2.24) is 4.57 Å². The monoisotopic (exact) mass is 792 g/mol. The maximum Gasteiger partial charge on any atom is 0.143 e. The van der Waals surface area contributed by atoms with E-state index in [9.17, 15) is 0 Å². The molecule has 3 heterocycles. The Labute approximate surface area is 356 Å². The van der Waals surface area contributed by atoms with Crippen LogP contribution in [0.25, 0.3) is 104 Å². The highest BCUT2D eigenvalue weighted by Gasteiger charge is 2.22. The summed E-state index contributed by atoms with van der Waals surface area (Å²) < 4.78 is 15.5. The molecule has 3 aromatic heterocycles. The number of para-hydroxylation sites is 4. The molecule has 0 aliphatic carbocycles. The summed E-state index contributed by atoms with van der Waals surface area (Å²) in [5.74, 6) is 0. The van der Waals surface area contributed by atoms with E-state index < -0.39 is 0 Å². The molecule has 0 aliphatic heterocycles. The Morgan fingerprint density at radius 1 is 0.355 bits per heavy atom. The van der Waals surface area contributed by atoms with Crippen molar-refractivity contribution < 1.29 is 8.83 Å². The van der Waals surface area contributed by atoms with Crippen LogP contribution in [0.2, 0.25) is 0 Å². The van der Waals surface area contributed by atoms with E-state index in [-0.39, 0.29) is 0 Å². The molecule has 0 bridgehead atoms. The molecule has 0 fully saturated rings. The lowest BCUT2D eigenvalue weighted by Crippen LogP contribution is -2.10. The van der Waals surface area contributed by atoms with Gasteiger partial charge in [0.1, 0.15) is 22.3 Å². The minimum absolute atomic E-state index is 0.853. The number of fused-ring (bicyclic) bond motifs is 11. The lowest BCUT2D eigenvalue weighted by molar-refractivity contribution is 0.670. The molecular weight excluding hydrogens is 757 g/mol. The third-order valence-corrected chi connectivity index (χ3v) is 12.6. The van der Waals surface area contributed by atoms with Crippen molar-refractivity contribution in [2.75, 3.05) is 4.90 Å². The number of aromatic nitrogens is 1. The van der Waals surface area contributed by atoms with Gasteiger partial charge >= 0.3 is 0 Å². The van der Waals surface area contributed by atoms with Gasteiger partial charge in [0, 0.05) is 54.9 Å². The molecule has 13 rings (SSSR count). The predicted octanol–water partition coefficient (Wildman–Crippen LogP) is 16.5. The van der Waals surface area contributed by atoms with Gasteiger partial charge in [0.2, 0.25) is 0 Å². The van der Waals surface area contributed by atoms with E-state index in [0.29, 0.717) is 0 Å². The van der Waals surface area contributed by atoms with Crippen LogP contribution in [0, 0.1) is 0 Å². The van der Waals surface area contributed by atoms with Gasteiger partial charge in [-0.05, 0) is 101 Å². The summed E-state index contributed by atoms with van der Waals surface area (Å²) in [6.45, 7) is 0. The first-order valence-electron chi connectivity index (χ1n) is 21.1. The minimum atomic E-state index is 0.853. The van der Waals surface area contributed by atoms with Gasteiger partial charge in [0.25, 0.3) is 0 Å². The van der Waals surface area contributed by atoms with E-state index in [4.69, 9.17) is 8.83 Å². The Kier molecular flexibility index (Phi) is 7.57. The van der Waals surface area contributed by atoms with E-state index in [2.05, 4.69) is 216 Å². The molecule has 290 valence electrons. The fourth-order valence-corrected chi connectivity index (χ4v) is 9.72.